The smallest absolute Gasteiger partial charge is 0.303 e. The molecule has 1 N–H and O–H groups in total. The van der Waals surface area contributed by atoms with E-state index in [1.807, 2.05) is 0 Å². The number of amides is 1. The van der Waals surface area contributed by atoms with Gasteiger partial charge in [0.25, 0.3) is 0 Å². The zero-order chi connectivity index (χ0) is 8.97. The van der Waals surface area contributed by atoms with Crippen LogP contribution in [0.1, 0.15) is 12.8 Å². The van der Waals surface area contributed by atoms with Crippen molar-refractivity contribution in [1.82, 2.24) is 4.90 Å². The molecular formula is C8H11NO3. The number of rotatable bonds is 4. The Kier molecular flexibility index (Phi) is 2.85. The van der Waals surface area contributed by atoms with Crippen LogP contribution < -0.4 is 0 Å². The van der Waals surface area contributed by atoms with Crippen LogP contribution in [-0.2, 0) is 9.59 Å². The minimum absolute atomic E-state index is 0.0135. The fourth-order valence-electron chi connectivity index (χ4n) is 1.10. The molecule has 4 heteroatoms. The summed E-state index contributed by atoms with van der Waals surface area (Å²) in [5, 5.41) is 8.33. The molecular weight excluding hydrogens is 158 g/mol. The zero-order valence-corrected chi connectivity index (χ0v) is 6.69. The number of hydrogen-bond donors (Lipinski definition) is 1. The number of carbonyl (C=O) groups excluding carboxylic acids is 1. The molecule has 0 atom stereocenters. The van der Waals surface area contributed by atoms with Crippen molar-refractivity contribution in [2.24, 2.45) is 0 Å². The second-order valence-electron chi connectivity index (χ2n) is 2.68. The predicted molar refractivity (Wildman–Crippen MR) is 42.6 cm³/mol. The molecule has 0 aromatic carbocycles. The van der Waals surface area contributed by atoms with Crippen molar-refractivity contribution in [3.8, 4) is 0 Å². The van der Waals surface area contributed by atoms with Gasteiger partial charge in [-0.1, -0.05) is 6.08 Å². The number of carboxylic acids is 1. The SMILES string of the molecule is O=C(O)CCCN1CC=CC1=O. The zero-order valence-electron chi connectivity index (χ0n) is 6.69. The minimum Gasteiger partial charge on any atom is -0.481 e. The van der Waals surface area contributed by atoms with Crippen LogP contribution in [0.4, 0.5) is 0 Å². The van der Waals surface area contributed by atoms with Gasteiger partial charge in [0, 0.05) is 25.6 Å². The third-order valence-corrected chi connectivity index (χ3v) is 1.72. The van der Waals surface area contributed by atoms with Crippen LogP contribution in [0.3, 0.4) is 0 Å². The van der Waals surface area contributed by atoms with Crippen LogP contribution in [-0.4, -0.2) is 35.0 Å². The van der Waals surface area contributed by atoms with E-state index in [0.29, 0.717) is 19.5 Å². The van der Waals surface area contributed by atoms with Gasteiger partial charge in [-0.3, -0.25) is 9.59 Å². The highest BCUT2D eigenvalue weighted by atomic mass is 16.4. The van der Waals surface area contributed by atoms with Crippen molar-refractivity contribution in [3.63, 3.8) is 0 Å². The number of carbonyl (C=O) groups is 2. The van der Waals surface area contributed by atoms with Gasteiger partial charge in [-0.05, 0) is 6.42 Å². The molecule has 1 aliphatic heterocycles. The molecule has 0 aromatic heterocycles. The molecule has 12 heavy (non-hydrogen) atoms. The summed E-state index contributed by atoms with van der Waals surface area (Å²) in [6, 6.07) is 0. The molecule has 0 aliphatic carbocycles. The molecule has 1 heterocycles. The van der Waals surface area contributed by atoms with Crippen LogP contribution in [0.5, 0.6) is 0 Å². The van der Waals surface area contributed by atoms with E-state index in [-0.39, 0.29) is 12.3 Å². The maximum atomic E-state index is 10.9. The maximum absolute atomic E-state index is 10.9. The Labute approximate surface area is 70.5 Å². The highest BCUT2D eigenvalue weighted by Crippen LogP contribution is 2.03. The average Bonchev–Trinajstić information content (AvgIpc) is 2.36. The van der Waals surface area contributed by atoms with Gasteiger partial charge in [0.1, 0.15) is 0 Å². The van der Waals surface area contributed by atoms with Gasteiger partial charge in [0.2, 0.25) is 5.91 Å². The summed E-state index contributed by atoms with van der Waals surface area (Å²) in [5.41, 5.74) is 0. The Morgan fingerprint density at radius 2 is 2.42 bits per heavy atom. The fraction of sp³-hybridized carbons (Fsp3) is 0.500. The lowest BCUT2D eigenvalue weighted by atomic mass is 10.3. The summed E-state index contributed by atoms with van der Waals surface area (Å²) in [6.45, 7) is 1.16. The van der Waals surface area contributed by atoms with Crippen molar-refractivity contribution in [1.29, 1.82) is 0 Å². The maximum Gasteiger partial charge on any atom is 0.303 e. The molecule has 0 spiro atoms. The van der Waals surface area contributed by atoms with Gasteiger partial charge in [-0.2, -0.15) is 0 Å². The third kappa shape index (κ3) is 2.38. The lowest BCUT2D eigenvalue weighted by Gasteiger charge is -2.13. The molecule has 0 saturated carbocycles. The van der Waals surface area contributed by atoms with Gasteiger partial charge in [0.05, 0.1) is 0 Å². The quantitative estimate of drug-likeness (QED) is 0.656. The summed E-state index contributed by atoms with van der Waals surface area (Å²) in [5.74, 6) is -0.824. The lowest BCUT2D eigenvalue weighted by Crippen LogP contribution is -2.26. The first-order chi connectivity index (χ1) is 5.70. The Hall–Kier alpha value is -1.32. The number of aliphatic carboxylic acids is 1. The van der Waals surface area contributed by atoms with E-state index in [1.165, 1.54) is 6.08 Å². The molecule has 4 nitrogen and oxygen atoms in total. The molecule has 0 unspecified atom stereocenters. The van der Waals surface area contributed by atoms with Crippen LogP contribution in [0, 0.1) is 0 Å². The van der Waals surface area contributed by atoms with Crippen LogP contribution >= 0.6 is 0 Å². The van der Waals surface area contributed by atoms with Gasteiger partial charge in [-0.25, -0.2) is 0 Å². The van der Waals surface area contributed by atoms with Crippen molar-refractivity contribution in [2.45, 2.75) is 12.8 Å². The molecule has 0 bridgehead atoms. The highest BCUT2D eigenvalue weighted by Gasteiger charge is 2.13. The first kappa shape index (κ1) is 8.77. The Morgan fingerprint density at radius 1 is 1.67 bits per heavy atom. The number of hydrogen-bond acceptors (Lipinski definition) is 2. The van der Waals surface area contributed by atoms with E-state index in [0.717, 1.165) is 0 Å². The molecule has 0 fully saturated rings. The summed E-state index contributed by atoms with van der Waals surface area (Å²) in [7, 11) is 0. The van der Waals surface area contributed by atoms with Gasteiger partial charge < -0.3 is 10.0 Å². The van der Waals surface area contributed by atoms with Gasteiger partial charge in [-0.15, -0.1) is 0 Å². The first-order valence-corrected chi connectivity index (χ1v) is 3.87. The van der Waals surface area contributed by atoms with Crippen molar-refractivity contribution < 1.29 is 14.7 Å². The molecule has 0 radical (unpaired) electrons. The molecule has 66 valence electrons. The van der Waals surface area contributed by atoms with Crippen molar-refractivity contribution in [3.05, 3.63) is 12.2 Å². The van der Waals surface area contributed by atoms with E-state index in [2.05, 4.69) is 0 Å². The fourth-order valence-corrected chi connectivity index (χ4v) is 1.10. The van der Waals surface area contributed by atoms with Gasteiger partial charge in [0.15, 0.2) is 0 Å². The van der Waals surface area contributed by atoms with Crippen molar-refractivity contribution in [2.75, 3.05) is 13.1 Å². The van der Waals surface area contributed by atoms with E-state index < -0.39 is 5.97 Å². The van der Waals surface area contributed by atoms with E-state index in [4.69, 9.17) is 5.11 Å². The molecule has 0 saturated heterocycles. The molecule has 0 aromatic rings. The topological polar surface area (TPSA) is 57.6 Å². The van der Waals surface area contributed by atoms with Gasteiger partial charge >= 0.3 is 5.97 Å². The van der Waals surface area contributed by atoms with Crippen LogP contribution in [0.15, 0.2) is 12.2 Å². The number of carboxylic acid groups (broad SMARTS) is 1. The normalized spacial score (nSPS) is 15.7. The molecule has 1 rings (SSSR count). The summed E-state index contributed by atoms with van der Waals surface area (Å²) >= 11 is 0. The third-order valence-electron chi connectivity index (χ3n) is 1.72. The molecule has 1 amide bonds. The number of nitrogens with zero attached hydrogens (tertiary/aromatic N) is 1. The summed E-state index contributed by atoms with van der Waals surface area (Å²) in [4.78, 5) is 22.7. The monoisotopic (exact) mass is 169 g/mol. The van der Waals surface area contributed by atoms with E-state index >= 15 is 0 Å². The van der Waals surface area contributed by atoms with Crippen LogP contribution in [0.2, 0.25) is 0 Å². The Bertz CT molecular complexity index is 222. The predicted octanol–water partition coefficient (Wildman–Crippen LogP) is 0.250. The lowest BCUT2D eigenvalue weighted by molar-refractivity contribution is -0.137. The van der Waals surface area contributed by atoms with E-state index in [1.54, 1.807) is 11.0 Å². The van der Waals surface area contributed by atoms with Crippen LogP contribution in [0.25, 0.3) is 0 Å². The summed E-state index contributed by atoms with van der Waals surface area (Å²) < 4.78 is 0. The first-order valence-electron chi connectivity index (χ1n) is 3.87. The minimum atomic E-state index is -0.811. The Morgan fingerprint density at radius 3 is 2.92 bits per heavy atom. The second kappa shape index (κ2) is 3.90. The average molecular weight is 169 g/mol. The largest absolute Gasteiger partial charge is 0.481 e. The highest BCUT2D eigenvalue weighted by molar-refractivity contribution is 5.89. The standard InChI is InChI=1S/C8H11NO3/c10-7-3-1-5-9(7)6-2-4-8(11)12/h1,3H,2,4-6H2,(H,11,12). The van der Waals surface area contributed by atoms with Crippen molar-refractivity contribution >= 4 is 11.9 Å². The van der Waals surface area contributed by atoms with E-state index in [9.17, 15) is 9.59 Å². The summed E-state index contributed by atoms with van der Waals surface area (Å²) in [6.07, 6.45) is 3.95. The second-order valence-corrected chi connectivity index (χ2v) is 2.68. The molecule has 1 aliphatic rings. The Balaban J connectivity index is 2.16.